The Hall–Kier alpha value is -2.00. The van der Waals surface area contributed by atoms with Gasteiger partial charge in [0.25, 0.3) is 5.91 Å². The number of carbonyl (C=O) groups excluding carboxylic acids is 1. The molecular weight excluding hydrogens is 341 g/mol. The third kappa shape index (κ3) is 5.79. The first-order valence-electron chi connectivity index (χ1n) is 7.95. The van der Waals surface area contributed by atoms with Crippen LogP contribution in [0.4, 0.5) is 13.2 Å². The van der Waals surface area contributed by atoms with Crippen molar-refractivity contribution in [1.29, 1.82) is 0 Å². The summed E-state index contributed by atoms with van der Waals surface area (Å²) in [7, 11) is 1.86. The fraction of sp³-hybridized carbons (Fsp3) is 0.562. The van der Waals surface area contributed by atoms with Crippen molar-refractivity contribution in [2.24, 2.45) is 0 Å². The van der Waals surface area contributed by atoms with Gasteiger partial charge in [-0.2, -0.15) is 0 Å². The van der Waals surface area contributed by atoms with Crippen molar-refractivity contribution in [3.63, 3.8) is 0 Å². The second-order valence-electron chi connectivity index (χ2n) is 5.72. The van der Waals surface area contributed by atoms with E-state index in [4.69, 9.17) is 9.84 Å². The molecule has 0 heterocycles. The average molecular weight is 362 g/mol. The molecule has 2 atom stereocenters. The van der Waals surface area contributed by atoms with Gasteiger partial charge in [0.05, 0.1) is 12.2 Å². The van der Waals surface area contributed by atoms with Gasteiger partial charge in [0, 0.05) is 12.6 Å². The number of rotatable bonds is 7. The quantitative estimate of drug-likeness (QED) is 0.690. The zero-order valence-corrected chi connectivity index (χ0v) is 13.7. The molecule has 140 valence electrons. The molecule has 1 saturated carbocycles. The summed E-state index contributed by atoms with van der Waals surface area (Å²) in [5.74, 6) is -1.10. The molecule has 0 aromatic heterocycles. The van der Waals surface area contributed by atoms with Gasteiger partial charge in [-0.3, -0.25) is 4.79 Å². The molecule has 0 aliphatic heterocycles. The summed E-state index contributed by atoms with van der Waals surface area (Å²) in [5, 5.41) is 14.2. The van der Waals surface area contributed by atoms with E-state index in [2.05, 4.69) is 15.4 Å². The van der Waals surface area contributed by atoms with Gasteiger partial charge in [-0.25, -0.2) is 0 Å². The number of benzene rings is 1. The highest BCUT2D eigenvalue weighted by molar-refractivity contribution is 5.97. The number of hydrogen-bond acceptors (Lipinski definition) is 5. The van der Waals surface area contributed by atoms with Crippen LogP contribution in [0.3, 0.4) is 0 Å². The zero-order chi connectivity index (χ0) is 18.4. The third-order valence-electron chi connectivity index (χ3n) is 3.91. The first-order chi connectivity index (χ1) is 11.8. The van der Waals surface area contributed by atoms with E-state index >= 15 is 0 Å². The molecule has 9 heteroatoms. The highest BCUT2D eigenvalue weighted by Crippen LogP contribution is 2.31. The Labute approximate surface area is 143 Å². The number of alkyl halides is 3. The second kappa shape index (κ2) is 8.39. The predicted octanol–water partition coefficient (Wildman–Crippen LogP) is 1.83. The monoisotopic (exact) mass is 362 g/mol. The van der Waals surface area contributed by atoms with E-state index in [1.165, 1.54) is 12.1 Å². The van der Waals surface area contributed by atoms with Crippen LogP contribution in [0, 0.1) is 0 Å². The van der Waals surface area contributed by atoms with Gasteiger partial charge in [-0.05, 0) is 44.5 Å². The first-order valence-corrected chi connectivity index (χ1v) is 7.95. The third-order valence-corrected chi connectivity index (χ3v) is 3.91. The van der Waals surface area contributed by atoms with Gasteiger partial charge in [0.15, 0.2) is 0 Å². The SMILES string of the molecule is CNC1CCC(Oc2ccc(OC(F)(F)F)c(C(=O)NCCO)c2)C1. The van der Waals surface area contributed by atoms with E-state index in [9.17, 15) is 18.0 Å². The molecule has 6 nitrogen and oxygen atoms in total. The van der Waals surface area contributed by atoms with Crippen LogP contribution in [-0.4, -0.2) is 49.7 Å². The van der Waals surface area contributed by atoms with Crippen LogP contribution < -0.4 is 20.1 Å². The van der Waals surface area contributed by atoms with Gasteiger partial charge >= 0.3 is 6.36 Å². The molecule has 1 fully saturated rings. The molecule has 1 aliphatic rings. The smallest absolute Gasteiger partial charge is 0.490 e. The molecule has 0 radical (unpaired) electrons. The van der Waals surface area contributed by atoms with Crippen molar-refractivity contribution in [3.8, 4) is 11.5 Å². The molecule has 1 aliphatic carbocycles. The fourth-order valence-electron chi connectivity index (χ4n) is 2.74. The van der Waals surface area contributed by atoms with Gasteiger partial charge in [-0.15, -0.1) is 13.2 Å². The lowest BCUT2D eigenvalue weighted by Gasteiger charge is -2.17. The Balaban J connectivity index is 2.17. The molecule has 2 unspecified atom stereocenters. The zero-order valence-electron chi connectivity index (χ0n) is 13.7. The fourth-order valence-corrected chi connectivity index (χ4v) is 2.74. The van der Waals surface area contributed by atoms with Crippen LogP contribution in [-0.2, 0) is 0 Å². The lowest BCUT2D eigenvalue weighted by atomic mass is 10.1. The lowest BCUT2D eigenvalue weighted by Crippen LogP contribution is -2.28. The molecule has 0 spiro atoms. The molecule has 1 amide bonds. The minimum absolute atomic E-state index is 0.0693. The topological polar surface area (TPSA) is 79.8 Å². The van der Waals surface area contributed by atoms with Gasteiger partial charge < -0.3 is 25.2 Å². The number of hydrogen-bond donors (Lipinski definition) is 3. The highest BCUT2D eigenvalue weighted by Gasteiger charge is 2.33. The molecule has 3 N–H and O–H groups in total. The Morgan fingerprint density at radius 2 is 2.12 bits per heavy atom. The van der Waals surface area contributed by atoms with Crippen LogP contribution in [0.25, 0.3) is 0 Å². The Morgan fingerprint density at radius 3 is 2.72 bits per heavy atom. The van der Waals surface area contributed by atoms with E-state index in [0.29, 0.717) is 11.8 Å². The maximum atomic E-state index is 12.5. The first kappa shape index (κ1) is 19.3. The van der Waals surface area contributed by atoms with Crippen LogP contribution in [0.15, 0.2) is 18.2 Å². The molecule has 0 saturated heterocycles. The van der Waals surface area contributed by atoms with Crippen LogP contribution >= 0.6 is 0 Å². The van der Waals surface area contributed by atoms with Crippen molar-refractivity contribution in [2.45, 2.75) is 37.8 Å². The average Bonchev–Trinajstić information content (AvgIpc) is 3.00. The molecule has 25 heavy (non-hydrogen) atoms. The molecule has 0 bridgehead atoms. The van der Waals surface area contributed by atoms with Crippen molar-refractivity contribution >= 4 is 5.91 Å². The summed E-state index contributed by atoms with van der Waals surface area (Å²) >= 11 is 0. The van der Waals surface area contributed by atoms with E-state index in [1.54, 1.807) is 0 Å². The standard InChI is InChI=1S/C16H21F3N2O4/c1-20-10-2-3-11(8-10)24-12-4-5-14(25-16(17,18)19)13(9-12)15(23)21-6-7-22/h4-5,9-11,20,22H,2-3,6-8H2,1H3,(H,21,23). The van der Waals surface area contributed by atoms with Gasteiger partial charge in [-0.1, -0.05) is 0 Å². The maximum Gasteiger partial charge on any atom is 0.573 e. The van der Waals surface area contributed by atoms with E-state index in [-0.39, 0.29) is 24.8 Å². The molecule has 1 aromatic carbocycles. The largest absolute Gasteiger partial charge is 0.573 e. The summed E-state index contributed by atoms with van der Waals surface area (Å²) in [6.07, 6.45) is -2.44. The minimum Gasteiger partial charge on any atom is -0.490 e. The van der Waals surface area contributed by atoms with E-state index < -0.39 is 18.0 Å². The highest BCUT2D eigenvalue weighted by atomic mass is 19.4. The molecule has 2 rings (SSSR count). The van der Waals surface area contributed by atoms with E-state index in [1.807, 2.05) is 7.05 Å². The van der Waals surface area contributed by atoms with E-state index in [0.717, 1.165) is 25.3 Å². The summed E-state index contributed by atoms with van der Waals surface area (Å²) in [6, 6.07) is 3.96. The normalized spacial score (nSPS) is 20.4. The second-order valence-corrected chi connectivity index (χ2v) is 5.72. The summed E-state index contributed by atoms with van der Waals surface area (Å²) in [5.41, 5.74) is -0.300. The number of aliphatic hydroxyl groups is 1. The van der Waals surface area contributed by atoms with Crippen LogP contribution in [0.1, 0.15) is 29.6 Å². The van der Waals surface area contributed by atoms with Gasteiger partial charge in [0.2, 0.25) is 0 Å². The number of amides is 1. The molecule has 1 aromatic rings. The molecular formula is C16H21F3N2O4. The predicted molar refractivity (Wildman–Crippen MR) is 83.7 cm³/mol. The summed E-state index contributed by atoms with van der Waals surface area (Å²) < 4.78 is 47.2. The van der Waals surface area contributed by atoms with Crippen LogP contribution in [0.5, 0.6) is 11.5 Å². The summed E-state index contributed by atoms with van der Waals surface area (Å²) in [4.78, 5) is 12.1. The lowest BCUT2D eigenvalue weighted by molar-refractivity contribution is -0.274. The van der Waals surface area contributed by atoms with Crippen molar-refractivity contribution in [2.75, 3.05) is 20.2 Å². The Morgan fingerprint density at radius 1 is 1.36 bits per heavy atom. The van der Waals surface area contributed by atoms with Crippen molar-refractivity contribution in [1.82, 2.24) is 10.6 Å². The Bertz CT molecular complexity index is 595. The minimum atomic E-state index is -4.92. The number of ether oxygens (including phenoxy) is 2. The maximum absolute atomic E-state index is 12.5. The number of nitrogens with one attached hydrogen (secondary N) is 2. The van der Waals surface area contributed by atoms with Gasteiger partial charge in [0.1, 0.15) is 17.6 Å². The number of carbonyl (C=O) groups is 1. The summed E-state index contributed by atoms with van der Waals surface area (Å²) in [6.45, 7) is -0.410. The number of halogens is 3. The Kier molecular flexibility index (Phi) is 6.49. The van der Waals surface area contributed by atoms with Crippen molar-refractivity contribution < 1.29 is 32.5 Å². The number of aliphatic hydroxyl groups excluding tert-OH is 1. The van der Waals surface area contributed by atoms with Crippen molar-refractivity contribution in [3.05, 3.63) is 23.8 Å². The van der Waals surface area contributed by atoms with Crippen LogP contribution in [0.2, 0.25) is 0 Å².